The number of rotatable bonds is 7. The topological polar surface area (TPSA) is 32.8 Å². The number of carbonyl (C=O) groups is 1. The molecule has 2 saturated carbocycles. The van der Waals surface area contributed by atoms with Gasteiger partial charge in [-0.25, -0.2) is 0 Å². The number of amides is 1. The maximum Gasteiger partial charge on any atom is 0.225 e. The van der Waals surface area contributed by atoms with Crippen LogP contribution in [0.15, 0.2) is 18.2 Å². The Hall–Kier alpha value is -1.26. The number of nitrogens with zero attached hydrogens (tertiary/aromatic N) is 2. The molecule has 1 amide bonds. The predicted molar refractivity (Wildman–Crippen MR) is 108 cm³/mol. The number of hydrogen-bond donors (Lipinski definition) is 0. The summed E-state index contributed by atoms with van der Waals surface area (Å²) in [4.78, 5) is 16.6. The third-order valence-corrected chi connectivity index (χ3v) is 6.83. The molecule has 0 aromatic heterocycles. The van der Waals surface area contributed by atoms with E-state index in [4.69, 9.17) is 16.3 Å². The van der Waals surface area contributed by atoms with Gasteiger partial charge in [-0.15, -0.1) is 0 Å². The largest absolute Gasteiger partial charge is 0.490 e. The molecule has 3 aliphatic rings. The van der Waals surface area contributed by atoms with E-state index in [-0.39, 0.29) is 6.10 Å². The molecular formula is C22H31ClN2O2. The number of halogens is 1. The first-order valence-electron chi connectivity index (χ1n) is 10.5. The fourth-order valence-corrected chi connectivity index (χ4v) is 4.70. The predicted octanol–water partition coefficient (Wildman–Crippen LogP) is 4.35. The van der Waals surface area contributed by atoms with Gasteiger partial charge >= 0.3 is 0 Å². The van der Waals surface area contributed by atoms with Crippen LogP contribution in [0.2, 0.25) is 5.02 Å². The van der Waals surface area contributed by atoms with Crippen LogP contribution in [-0.2, 0) is 11.3 Å². The Kier molecular flexibility index (Phi) is 5.93. The Bertz CT molecular complexity index is 664. The van der Waals surface area contributed by atoms with Crippen molar-refractivity contribution in [3.63, 3.8) is 0 Å². The van der Waals surface area contributed by atoms with Crippen LogP contribution >= 0.6 is 11.6 Å². The Balaban J connectivity index is 1.21. The van der Waals surface area contributed by atoms with Crippen LogP contribution in [0.3, 0.4) is 0 Å². The number of carbonyl (C=O) groups excluding carboxylic acids is 1. The van der Waals surface area contributed by atoms with E-state index >= 15 is 0 Å². The molecule has 1 aromatic rings. The van der Waals surface area contributed by atoms with Gasteiger partial charge in [0.15, 0.2) is 0 Å². The van der Waals surface area contributed by atoms with Crippen molar-refractivity contribution in [1.29, 1.82) is 0 Å². The fraction of sp³-hybridized carbons (Fsp3) is 0.682. The fourth-order valence-electron chi connectivity index (χ4n) is 4.47. The smallest absolute Gasteiger partial charge is 0.225 e. The van der Waals surface area contributed by atoms with Gasteiger partial charge in [0.25, 0.3) is 0 Å². The summed E-state index contributed by atoms with van der Waals surface area (Å²) in [5.41, 5.74) is 1.19. The maximum atomic E-state index is 12.2. The van der Waals surface area contributed by atoms with Crippen molar-refractivity contribution in [3.05, 3.63) is 28.8 Å². The van der Waals surface area contributed by atoms with Gasteiger partial charge in [-0.05, 0) is 75.2 Å². The van der Waals surface area contributed by atoms with E-state index < -0.39 is 0 Å². The molecule has 1 saturated heterocycles. The summed E-state index contributed by atoms with van der Waals surface area (Å²) in [7, 11) is 1.95. The van der Waals surface area contributed by atoms with Crippen LogP contribution in [0.1, 0.15) is 50.5 Å². The zero-order chi connectivity index (χ0) is 18.8. The molecule has 0 spiro atoms. The quantitative estimate of drug-likeness (QED) is 0.693. The van der Waals surface area contributed by atoms with E-state index in [1.54, 1.807) is 0 Å². The van der Waals surface area contributed by atoms with Gasteiger partial charge < -0.3 is 9.64 Å². The molecule has 0 unspecified atom stereocenters. The lowest BCUT2D eigenvalue weighted by molar-refractivity contribution is -0.138. The van der Waals surface area contributed by atoms with Gasteiger partial charge in [-0.3, -0.25) is 9.69 Å². The Labute approximate surface area is 167 Å². The number of hydrogen-bond acceptors (Lipinski definition) is 3. The molecule has 5 heteroatoms. The summed E-state index contributed by atoms with van der Waals surface area (Å²) in [6.07, 6.45) is 8.25. The lowest BCUT2D eigenvalue weighted by atomic mass is 9.80. The average Bonchev–Trinajstić information content (AvgIpc) is 3.06. The van der Waals surface area contributed by atoms with Crippen LogP contribution in [0.25, 0.3) is 0 Å². The van der Waals surface area contributed by atoms with Crippen molar-refractivity contribution in [3.8, 4) is 5.75 Å². The molecule has 1 aliphatic heterocycles. The van der Waals surface area contributed by atoms with Crippen LogP contribution in [0, 0.1) is 11.8 Å². The number of benzene rings is 1. The van der Waals surface area contributed by atoms with Crippen molar-refractivity contribution in [2.45, 2.75) is 57.6 Å². The zero-order valence-electron chi connectivity index (χ0n) is 16.3. The van der Waals surface area contributed by atoms with E-state index in [0.29, 0.717) is 17.7 Å². The lowest BCUT2D eigenvalue weighted by Crippen LogP contribution is -2.44. The molecule has 0 atom stereocenters. The monoisotopic (exact) mass is 390 g/mol. The minimum absolute atomic E-state index is 0.253. The second-order valence-corrected chi connectivity index (χ2v) is 9.07. The molecule has 1 aromatic carbocycles. The first-order chi connectivity index (χ1) is 13.1. The second kappa shape index (κ2) is 8.40. The van der Waals surface area contributed by atoms with E-state index in [2.05, 4.69) is 17.0 Å². The highest BCUT2D eigenvalue weighted by atomic mass is 35.5. The molecule has 3 fully saturated rings. The molecule has 148 valence electrons. The maximum absolute atomic E-state index is 12.2. The number of likely N-dealkylation sites (tertiary alicyclic amines) is 1. The zero-order valence-corrected chi connectivity index (χ0v) is 17.1. The molecule has 4 rings (SSSR count). The van der Waals surface area contributed by atoms with E-state index in [9.17, 15) is 4.79 Å². The molecule has 1 heterocycles. The van der Waals surface area contributed by atoms with E-state index in [1.807, 2.05) is 18.0 Å². The molecule has 27 heavy (non-hydrogen) atoms. The highest BCUT2D eigenvalue weighted by Crippen LogP contribution is 2.34. The Morgan fingerprint density at radius 2 is 1.96 bits per heavy atom. The van der Waals surface area contributed by atoms with Crippen LogP contribution in [0.4, 0.5) is 0 Å². The van der Waals surface area contributed by atoms with Gasteiger partial charge in [0.05, 0.1) is 6.10 Å². The Morgan fingerprint density at radius 1 is 1.22 bits per heavy atom. The molecule has 0 N–H and O–H groups in total. The van der Waals surface area contributed by atoms with Crippen molar-refractivity contribution < 1.29 is 9.53 Å². The molecule has 4 nitrogen and oxygen atoms in total. The van der Waals surface area contributed by atoms with E-state index in [0.717, 1.165) is 49.5 Å². The summed E-state index contributed by atoms with van der Waals surface area (Å²) >= 11 is 6.48. The Morgan fingerprint density at radius 3 is 2.59 bits per heavy atom. The van der Waals surface area contributed by atoms with Crippen LogP contribution in [0.5, 0.6) is 5.75 Å². The third-order valence-electron chi connectivity index (χ3n) is 6.48. The molecule has 0 bridgehead atoms. The lowest BCUT2D eigenvalue weighted by Gasteiger charge is -2.39. The van der Waals surface area contributed by atoms with Gasteiger partial charge in [-0.1, -0.05) is 24.1 Å². The third kappa shape index (κ3) is 4.60. The van der Waals surface area contributed by atoms with Gasteiger partial charge in [-0.2, -0.15) is 0 Å². The van der Waals surface area contributed by atoms with Gasteiger partial charge in [0.1, 0.15) is 5.75 Å². The highest BCUT2D eigenvalue weighted by molar-refractivity contribution is 6.31. The standard InChI is InChI=1S/C22H31ClN2O2/c1-24(22(26)17-5-4-6-17)14-16-11-20(12-16)27-19-8-7-18(21(23)13-19)15-25-9-2-3-10-25/h7-8,13,16-17,20H,2-6,9-12,14-15H2,1H3. The summed E-state index contributed by atoms with van der Waals surface area (Å²) < 4.78 is 6.11. The van der Waals surface area contributed by atoms with Crippen molar-refractivity contribution in [2.75, 3.05) is 26.7 Å². The van der Waals surface area contributed by atoms with Crippen molar-refractivity contribution >= 4 is 17.5 Å². The average molecular weight is 391 g/mol. The van der Waals surface area contributed by atoms with E-state index in [1.165, 1.54) is 37.9 Å². The summed E-state index contributed by atoms with van der Waals surface area (Å²) in [6, 6.07) is 6.13. The molecule has 2 aliphatic carbocycles. The van der Waals surface area contributed by atoms with Crippen molar-refractivity contribution in [2.24, 2.45) is 11.8 Å². The minimum Gasteiger partial charge on any atom is -0.490 e. The van der Waals surface area contributed by atoms with Crippen molar-refractivity contribution in [1.82, 2.24) is 9.80 Å². The first-order valence-corrected chi connectivity index (χ1v) is 10.9. The van der Waals surface area contributed by atoms with Gasteiger partial charge in [0, 0.05) is 31.1 Å². The number of ether oxygens (including phenoxy) is 1. The molecular weight excluding hydrogens is 360 g/mol. The van der Waals surface area contributed by atoms with Crippen LogP contribution < -0.4 is 4.74 Å². The highest BCUT2D eigenvalue weighted by Gasteiger charge is 2.34. The summed E-state index contributed by atoms with van der Waals surface area (Å²) in [5, 5.41) is 0.807. The normalized spacial score (nSPS) is 25.7. The van der Waals surface area contributed by atoms with Crippen LogP contribution in [-0.4, -0.2) is 48.5 Å². The first kappa shape index (κ1) is 19.1. The molecule has 0 radical (unpaired) electrons. The minimum atomic E-state index is 0.253. The second-order valence-electron chi connectivity index (χ2n) is 8.66. The van der Waals surface area contributed by atoms with Gasteiger partial charge in [0.2, 0.25) is 5.91 Å². The SMILES string of the molecule is CN(CC1CC(Oc2ccc(CN3CCCC3)c(Cl)c2)C1)C(=O)C1CCC1. The summed E-state index contributed by atoms with van der Waals surface area (Å²) in [5.74, 6) is 2.07. The summed E-state index contributed by atoms with van der Waals surface area (Å²) in [6.45, 7) is 4.15.